The predicted octanol–water partition coefficient (Wildman–Crippen LogP) is 2.04. The van der Waals surface area contributed by atoms with E-state index in [2.05, 4.69) is 10.6 Å². The van der Waals surface area contributed by atoms with Crippen LogP contribution in [-0.2, 0) is 19.6 Å². The van der Waals surface area contributed by atoms with Crippen LogP contribution in [0.1, 0.15) is 35.3 Å². The van der Waals surface area contributed by atoms with E-state index in [9.17, 15) is 22.4 Å². The van der Waals surface area contributed by atoms with Gasteiger partial charge in [0.15, 0.2) is 0 Å². The Morgan fingerprint density at radius 3 is 2.79 bits per heavy atom. The van der Waals surface area contributed by atoms with Gasteiger partial charge in [0, 0.05) is 24.4 Å². The summed E-state index contributed by atoms with van der Waals surface area (Å²) in [5.41, 5.74) is 0.298. The van der Waals surface area contributed by atoms with Crippen molar-refractivity contribution in [3.05, 3.63) is 47.5 Å². The Morgan fingerprint density at radius 1 is 1.38 bits per heavy atom. The lowest BCUT2D eigenvalue weighted by Gasteiger charge is -2.14. The van der Waals surface area contributed by atoms with E-state index >= 15 is 0 Å². The lowest BCUT2D eigenvalue weighted by atomic mass is 10.1. The second-order valence-corrected chi connectivity index (χ2v) is 8.54. The molecule has 0 unspecified atom stereocenters. The molecule has 1 atom stereocenters. The van der Waals surface area contributed by atoms with E-state index in [0.717, 1.165) is 35.7 Å². The molecule has 8 nitrogen and oxygen atoms in total. The number of hydrogen-bond acceptors (Lipinski definition) is 5. The van der Waals surface area contributed by atoms with Gasteiger partial charge in [-0.3, -0.25) is 9.59 Å². The Bertz CT molecular complexity index is 1010. The molecular formula is C19H22FN3O5S. The van der Waals surface area contributed by atoms with Crippen molar-refractivity contribution in [1.82, 2.24) is 9.29 Å². The number of benzene rings is 1. The first-order valence-corrected chi connectivity index (χ1v) is 10.6. The zero-order valence-electron chi connectivity index (χ0n) is 15.9. The number of anilines is 1. The molecule has 1 fully saturated rings. The normalized spacial score (nSPS) is 16.6. The number of nitrogens with one attached hydrogen (secondary N) is 2. The van der Waals surface area contributed by atoms with Crippen LogP contribution in [0.4, 0.5) is 10.1 Å². The summed E-state index contributed by atoms with van der Waals surface area (Å²) in [7, 11) is -4.17. The van der Waals surface area contributed by atoms with Gasteiger partial charge in [-0.1, -0.05) is 0 Å². The molecule has 1 aromatic carbocycles. The maximum absolute atomic E-state index is 13.5. The van der Waals surface area contributed by atoms with E-state index < -0.39 is 21.7 Å². The van der Waals surface area contributed by atoms with E-state index in [1.54, 1.807) is 0 Å². The molecule has 1 aromatic heterocycles. The van der Waals surface area contributed by atoms with Gasteiger partial charge in [0.1, 0.15) is 10.7 Å². The van der Waals surface area contributed by atoms with Gasteiger partial charge in [-0.05, 0) is 50.5 Å². The summed E-state index contributed by atoms with van der Waals surface area (Å²) in [4.78, 5) is 23.1. The van der Waals surface area contributed by atoms with Crippen LogP contribution in [0.5, 0.6) is 0 Å². The number of carbonyl (C=O) groups is 2. The fraction of sp³-hybridized carbons (Fsp3) is 0.368. The van der Waals surface area contributed by atoms with Crippen molar-refractivity contribution < 1.29 is 27.1 Å². The first-order chi connectivity index (χ1) is 13.8. The van der Waals surface area contributed by atoms with Crippen LogP contribution in [0.2, 0.25) is 0 Å². The van der Waals surface area contributed by atoms with Crippen LogP contribution in [0.3, 0.4) is 0 Å². The molecule has 1 saturated heterocycles. The van der Waals surface area contributed by atoms with E-state index in [1.807, 2.05) is 0 Å². The molecule has 3 rings (SSSR count). The lowest BCUT2D eigenvalue weighted by Crippen LogP contribution is -2.27. The van der Waals surface area contributed by atoms with Gasteiger partial charge in [0.2, 0.25) is 6.41 Å². The Morgan fingerprint density at radius 2 is 2.17 bits per heavy atom. The summed E-state index contributed by atoms with van der Waals surface area (Å²) >= 11 is 0. The summed E-state index contributed by atoms with van der Waals surface area (Å²) < 4.78 is 45.5. The van der Waals surface area contributed by atoms with Crippen molar-refractivity contribution in [1.29, 1.82) is 0 Å². The molecule has 1 aliphatic heterocycles. The Kier molecular flexibility index (Phi) is 6.33. The number of ether oxygens (including phenoxy) is 1. The van der Waals surface area contributed by atoms with Gasteiger partial charge in [-0.15, -0.1) is 0 Å². The molecule has 2 heterocycles. The second kappa shape index (κ2) is 8.75. The molecule has 1 aliphatic rings. The van der Waals surface area contributed by atoms with Crippen molar-refractivity contribution in [2.24, 2.45) is 0 Å². The maximum atomic E-state index is 13.5. The molecule has 2 N–H and O–H groups in total. The largest absolute Gasteiger partial charge is 0.378 e. The molecule has 29 heavy (non-hydrogen) atoms. The molecule has 156 valence electrons. The molecule has 0 saturated carbocycles. The minimum atomic E-state index is -4.17. The van der Waals surface area contributed by atoms with Crippen LogP contribution in [-0.4, -0.2) is 44.0 Å². The fourth-order valence-corrected chi connectivity index (χ4v) is 4.79. The number of aromatic nitrogens is 1. The third kappa shape index (κ3) is 4.65. The topological polar surface area (TPSA) is 106 Å². The summed E-state index contributed by atoms with van der Waals surface area (Å²) in [6.45, 7) is 2.60. The second-order valence-electron chi connectivity index (χ2n) is 6.75. The van der Waals surface area contributed by atoms with Crippen LogP contribution in [0.25, 0.3) is 0 Å². The summed E-state index contributed by atoms with van der Waals surface area (Å²) in [5.74, 6) is -1.10. The van der Waals surface area contributed by atoms with Gasteiger partial charge >= 0.3 is 0 Å². The number of aryl methyl sites for hydroxylation is 1. The minimum absolute atomic E-state index is 0.0692. The molecular weight excluding hydrogens is 401 g/mol. The third-order valence-corrected chi connectivity index (χ3v) is 6.53. The first kappa shape index (κ1) is 21.0. The molecule has 0 bridgehead atoms. The minimum Gasteiger partial charge on any atom is -0.378 e. The SMILES string of the molecule is Cc1cc(F)cn1S(=O)(=O)c1ccc(C(=O)NCC[C@@H]2CCCO2)cc1NC=O. The number of nitrogens with zero attached hydrogens (tertiary/aromatic N) is 1. The summed E-state index contributed by atoms with van der Waals surface area (Å²) in [6, 6.07) is 4.92. The number of rotatable bonds is 8. The van der Waals surface area contributed by atoms with Crippen molar-refractivity contribution in [3.8, 4) is 0 Å². The van der Waals surface area contributed by atoms with Crippen LogP contribution in [0, 0.1) is 12.7 Å². The number of amides is 2. The van der Waals surface area contributed by atoms with Crippen molar-refractivity contribution in [2.45, 2.75) is 37.2 Å². The smallest absolute Gasteiger partial charge is 0.269 e. The quantitative estimate of drug-likeness (QED) is 0.632. The van der Waals surface area contributed by atoms with Crippen molar-refractivity contribution in [3.63, 3.8) is 0 Å². The average Bonchev–Trinajstić information content (AvgIpc) is 3.31. The third-order valence-electron chi connectivity index (χ3n) is 4.70. The van der Waals surface area contributed by atoms with Gasteiger partial charge < -0.3 is 15.4 Å². The van der Waals surface area contributed by atoms with Gasteiger partial charge in [0.05, 0.1) is 18.0 Å². The highest BCUT2D eigenvalue weighted by molar-refractivity contribution is 7.90. The molecule has 2 amide bonds. The fourth-order valence-electron chi connectivity index (χ4n) is 3.27. The maximum Gasteiger partial charge on any atom is 0.269 e. The highest BCUT2D eigenvalue weighted by atomic mass is 32.2. The van der Waals surface area contributed by atoms with Crippen LogP contribution < -0.4 is 10.6 Å². The summed E-state index contributed by atoms with van der Waals surface area (Å²) in [5, 5.41) is 5.07. The Balaban J connectivity index is 1.82. The summed E-state index contributed by atoms with van der Waals surface area (Å²) in [6.07, 6.45) is 3.98. The predicted molar refractivity (Wildman–Crippen MR) is 104 cm³/mol. The van der Waals surface area contributed by atoms with E-state index in [-0.39, 0.29) is 27.9 Å². The molecule has 2 aromatic rings. The Labute approximate surface area is 168 Å². The van der Waals surface area contributed by atoms with E-state index in [4.69, 9.17) is 4.74 Å². The first-order valence-electron chi connectivity index (χ1n) is 9.17. The van der Waals surface area contributed by atoms with Gasteiger partial charge in [-0.2, -0.15) is 0 Å². The monoisotopic (exact) mass is 423 g/mol. The molecule has 10 heteroatoms. The zero-order valence-corrected chi connectivity index (χ0v) is 16.7. The lowest BCUT2D eigenvalue weighted by molar-refractivity contribution is -0.105. The highest BCUT2D eigenvalue weighted by Gasteiger charge is 2.24. The standard InChI is InChI=1S/C19H22FN3O5S/c1-13-9-15(20)11-23(13)29(26,27)18-5-4-14(10-17(18)22-12-24)19(25)21-7-6-16-3-2-8-28-16/h4-5,9-12,16H,2-3,6-8H2,1H3,(H,21,25)(H,22,24)/t16-/m0/s1. The molecule has 0 spiro atoms. The zero-order chi connectivity index (χ0) is 21.0. The van der Waals surface area contributed by atoms with Crippen molar-refractivity contribution >= 4 is 28.0 Å². The van der Waals surface area contributed by atoms with Gasteiger partial charge in [-0.25, -0.2) is 16.8 Å². The van der Waals surface area contributed by atoms with E-state index in [1.165, 1.54) is 25.1 Å². The van der Waals surface area contributed by atoms with Crippen LogP contribution in [0.15, 0.2) is 35.4 Å². The number of carbonyl (C=O) groups excluding carboxylic acids is 2. The molecule has 0 aliphatic carbocycles. The number of halogens is 1. The van der Waals surface area contributed by atoms with Crippen molar-refractivity contribution in [2.75, 3.05) is 18.5 Å². The Hall–Kier alpha value is -2.72. The average molecular weight is 423 g/mol. The highest BCUT2D eigenvalue weighted by Crippen LogP contribution is 2.26. The van der Waals surface area contributed by atoms with Crippen LogP contribution >= 0.6 is 0 Å². The van der Waals surface area contributed by atoms with E-state index in [0.29, 0.717) is 19.4 Å². The van der Waals surface area contributed by atoms with Gasteiger partial charge in [0.25, 0.3) is 15.9 Å². The number of hydrogen-bond donors (Lipinski definition) is 2. The molecule has 0 radical (unpaired) electrons.